The van der Waals surface area contributed by atoms with E-state index in [4.69, 9.17) is 21.7 Å². The minimum absolute atomic E-state index is 0.222. The van der Waals surface area contributed by atoms with Gasteiger partial charge >= 0.3 is 0 Å². The molecule has 28 heavy (non-hydrogen) atoms. The molecule has 0 aliphatic rings. The second kappa shape index (κ2) is 9.23. The molecule has 2 N–H and O–H groups in total. The second-order valence-corrected chi connectivity index (χ2v) is 6.72. The molecule has 2 aromatic carbocycles. The molecule has 0 spiro atoms. The number of rotatable bonds is 7. The molecule has 3 rings (SSSR count). The van der Waals surface area contributed by atoms with Crippen molar-refractivity contribution < 1.29 is 9.47 Å². The van der Waals surface area contributed by atoms with Crippen LogP contribution < -0.4 is 20.1 Å². The summed E-state index contributed by atoms with van der Waals surface area (Å²) in [6, 6.07) is 14.2. The highest BCUT2D eigenvalue weighted by molar-refractivity contribution is 7.80. The smallest absolute Gasteiger partial charge is 0.171 e. The van der Waals surface area contributed by atoms with Gasteiger partial charge in [-0.25, -0.2) is 4.98 Å². The third-order valence-electron chi connectivity index (χ3n) is 4.50. The predicted molar refractivity (Wildman–Crippen MR) is 115 cm³/mol. The van der Waals surface area contributed by atoms with Gasteiger partial charge in [0.25, 0.3) is 0 Å². The summed E-state index contributed by atoms with van der Waals surface area (Å²) in [5, 5.41) is 6.96. The van der Waals surface area contributed by atoms with Crippen LogP contribution in [0.4, 0.5) is 5.69 Å². The molecule has 0 aliphatic carbocycles. The van der Waals surface area contributed by atoms with Gasteiger partial charge in [-0.2, -0.15) is 0 Å². The van der Waals surface area contributed by atoms with E-state index < -0.39 is 0 Å². The number of ether oxygens (including phenoxy) is 2. The number of hydrogen-bond acceptors (Lipinski definition) is 4. The van der Waals surface area contributed by atoms with Crippen molar-refractivity contribution >= 4 is 23.0 Å². The molecule has 1 heterocycles. The summed E-state index contributed by atoms with van der Waals surface area (Å²) in [7, 11) is 3.22. The third-order valence-corrected chi connectivity index (χ3v) is 4.75. The van der Waals surface area contributed by atoms with Gasteiger partial charge in [0.15, 0.2) is 16.6 Å². The Morgan fingerprint density at radius 3 is 2.68 bits per heavy atom. The lowest BCUT2D eigenvalue weighted by molar-refractivity contribution is 0.355. The van der Waals surface area contributed by atoms with Crippen molar-refractivity contribution in [1.29, 1.82) is 0 Å². The van der Waals surface area contributed by atoms with Gasteiger partial charge < -0.3 is 24.7 Å². The number of anilines is 1. The summed E-state index contributed by atoms with van der Waals surface area (Å²) in [4.78, 5) is 4.12. The minimum Gasteiger partial charge on any atom is -0.493 e. The normalized spacial score (nSPS) is 11.5. The fourth-order valence-corrected chi connectivity index (χ4v) is 3.10. The maximum atomic E-state index is 5.42. The number of imidazole rings is 1. The van der Waals surface area contributed by atoms with Crippen LogP contribution in [0.5, 0.6) is 11.5 Å². The lowest BCUT2D eigenvalue weighted by Gasteiger charge is -2.16. The lowest BCUT2D eigenvalue weighted by atomic mass is 10.1. The summed E-state index contributed by atoms with van der Waals surface area (Å²) in [6.45, 7) is 2.78. The summed E-state index contributed by atoms with van der Waals surface area (Å²) < 4.78 is 12.6. The van der Waals surface area contributed by atoms with Gasteiger partial charge in [0.1, 0.15) is 0 Å². The molecule has 0 saturated carbocycles. The van der Waals surface area contributed by atoms with Crippen molar-refractivity contribution in [2.75, 3.05) is 19.5 Å². The van der Waals surface area contributed by atoms with Gasteiger partial charge in [-0.05, 0) is 42.4 Å². The van der Waals surface area contributed by atoms with Gasteiger partial charge in [0.05, 0.1) is 26.6 Å². The van der Waals surface area contributed by atoms with Gasteiger partial charge in [-0.15, -0.1) is 0 Å². The predicted octanol–water partition coefficient (Wildman–Crippen LogP) is 4.00. The molecule has 0 bridgehead atoms. The molecule has 6 nitrogen and oxygen atoms in total. The second-order valence-electron chi connectivity index (χ2n) is 6.31. The number of methoxy groups -OCH3 is 2. The first kappa shape index (κ1) is 19.7. The van der Waals surface area contributed by atoms with E-state index in [1.807, 2.05) is 30.7 Å². The first-order chi connectivity index (χ1) is 13.6. The minimum atomic E-state index is 0.222. The highest BCUT2D eigenvalue weighted by Crippen LogP contribution is 2.29. The number of thiocarbonyl (C=S) groups is 1. The van der Waals surface area contributed by atoms with Gasteiger partial charge in [0.2, 0.25) is 0 Å². The van der Waals surface area contributed by atoms with Crippen LogP contribution in [-0.4, -0.2) is 28.9 Å². The molecule has 0 radical (unpaired) electrons. The van der Waals surface area contributed by atoms with E-state index >= 15 is 0 Å². The van der Waals surface area contributed by atoms with E-state index in [1.54, 1.807) is 20.4 Å². The number of benzene rings is 2. The largest absolute Gasteiger partial charge is 0.493 e. The Kier molecular flexibility index (Phi) is 6.49. The van der Waals surface area contributed by atoms with Crippen molar-refractivity contribution in [1.82, 2.24) is 14.9 Å². The molecule has 146 valence electrons. The van der Waals surface area contributed by atoms with Gasteiger partial charge in [-0.3, -0.25) is 0 Å². The third kappa shape index (κ3) is 4.80. The van der Waals surface area contributed by atoms with E-state index in [9.17, 15) is 0 Å². The van der Waals surface area contributed by atoms with Crippen LogP contribution in [0.3, 0.4) is 0 Å². The van der Waals surface area contributed by atoms with E-state index in [0.717, 1.165) is 11.3 Å². The average molecular weight is 397 g/mol. The first-order valence-electron chi connectivity index (χ1n) is 8.94. The Morgan fingerprint density at radius 2 is 1.96 bits per heavy atom. The molecule has 1 atom stereocenters. The van der Waals surface area contributed by atoms with Crippen molar-refractivity contribution in [3.05, 3.63) is 72.3 Å². The zero-order valence-corrected chi connectivity index (χ0v) is 17.0. The van der Waals surface area contributed by atoms with Crippen molar-refractivity contribution in [2.24, 2.45) is 0 Å². The Balaban J connectivity index is 1.60. The average Bonchev–Trinajstić information content (AvgIpc) is 3.26. The lowest BCUT2D eigenvalue weighted by Crippen LogP contribution is -2.27. The quantitative estimate of drug-likeness (QED) is 0.589. The maximum absolute atomic E-state index is 5.42. The van der Waals surface area contributed by atoms with Crippen molar-refractivity contribution in [3.8, 4) is 11.5 Å². The van der Waals surface area contributed by atoms with Gasteiger partial charge in [0, 0.05) is 30.7 Å². The van der Waals surface area contributed by atoms with Crippen molar-refractivity contribution in [3.63, 3.8) is 0 Å². The molecule has 0 amide bonds. The number of nitrogens with one attached hydrogen (secondary N) is 2. The molecule has 0 aliphatic heterocycles. The summed E-state index contributed by atoms with van der Waals surface area (Å²) >= 11 is 5.42. The molecule has 1 aromatic heterocycles. The van der Waals surface area contributed by atoms with Crippen LogP contribution in [0, 0.1) is 0 Å². The Hall–Kier alpha value is -3.06. The molecule has 0 saturated heterocycles. The fraction of sp³-hybridized carbons (Fsp3) is 0.238. The van der Waals surface area contributed by atoms with E-state index in [-0.39, 0.29) is 6.04 Å². The summed E-state index contributed by atoms with van der Waals surface area (Å²) in [5.41, 5.74) is 3.20. The van der Waals surface area contributed by atoms with Crippen LogP contribution in [-0.2, 0) is 6.54 Å². The van der Waals surface area contributed by atoms with E-state index in [2.05, 4.69) is 51.4 Å². The highest BCUT2D eigenvalue weighted by Gasteiger charge is 2.08. The van der Waals surface area contributed by atoms with Crippen LogP contribution in [0.15, 0.2) is 61.2 Å². The van der Waals surface area contributed by atoms with Crippen LogP contribution in [0.2, 0.25) is 0 Å². The molecule has 1 unspecified atom stereocenters. The SMILES string of the molecule is COc1ccc(NC(=S)NCc2cccc(C(C)n3ccnc3)c2)cc1OC. The topological polar surface area (TPSA) is 60.3 Å². The summed E-state index contributed by atoms with van der Waals surface area (Å²) in [5.74, 6) is 1.33. The first-order valence-corrected chi connectivity index (χ1v) is 9.34. The fourth-order valence-electron chi connectivity index (χ4n) is 2.91. The van der Waals surface area contributed by atoms with Crippen molar-refractivity contribution in [2.45, 2.75) is 19.5 Å². The standard InChI is InChI=1S/C21H24N4O2S/c1-15(25-10-9-22-14-25)17-6-4-5-16(11-17)13-23-21(28)24-18-7-8-19(26-2)20(12-18)27-3/h4-12,14-15H,13H2,1-3H3,(H2,23,24,28). The molecular weight excluding hydrogens is 372 g/mol. The van der Waals surface area contributed by atoms with Crippen LogP contribution in [0.25, 0.3) is 0 Å². The molecule has 7 heteroatoms. The summed E-state index contributed by atoms with van der Waals surface area (Å²) in [6.07, 6.45) is 5.59. The molecular formula is C21H24N4O2S. The monoisotopic (exact) mass is 396 g/mol. The molecule has 0 fully saturated rings. The zero-order chi connectivity index (χ0) is 19.9. The highest BCUT2D eigenvalue weighted by atomic mass is 32.1. The number of nitrogens with zero attached hydrogens (tertiary/aromatic N) is 2. The Morgan fingerprint density at radius 1 is 1.14 bits per heavy atom. The zero-order valence-electron chi connectivity index (χ0n) is 16.2. The van der Waals surface area contributed by atoms with E-state index in [0.29, 0.717) is 23.2 Å². The Bertz CT molecular complexity index is 928. The van der Waals surface area contributed by atoms with Gasteiger partial charge in [-0.1, -0.05) is 24.3 Å². The Labute approximate surface area is 170 Å². The number of hydrogen-bond donors (Lipinski definition) is 2. The van der Waals surface area contributed by atoms with Crippen LogP contribution in [0.1, 0.15) is 24.1 Å². The maximum Gasteiger partial charge on any atom is 0.171 e. The number of aromatic nitrogens is 2. The van der Waals surface area contributed by atoms with E-state index in [1.165, 1.54) is 5.56 Å². The molecule has 3 aromatic rings. The van der Waals surface area contributed by atoms with Crippen LogP contribution >= 0.6 is 12.2 Å².